The van der Waals surface area contributed by atoms with Gasteiger partial charge >= 0.3 is 0 Å². The highest BCUT2D eigenvalue weighted by Crippen LogP contribution is 2.23. The Morgan fingerprint density at radius 1 is 1.18 bits per heavy atom. The first kappa shape index (κ1) is 11.9. The summed E-state index contributed by atoms with van der Waals surface area (Å²) in [6.45, 7) is 3.94. The van der Waals surface area contributed by atoms with Crippen LogP contribution in [0.3, 0.4) is 0 Å². The average Bonchev–Trinajstić information content (AvgIpc) is 2.67. The predicted octanol–water partition coefficient (Wildman–Crippen LogP) is 3.53. The molecule has 1 atom stereocenters. The van der Waals surface area contributed by atoms with Crippen molar-refractivity contribution in [3.8, 4) is 0 Å². The zero-order chi connectivity index (χ0) is 12.3. The van der Waals surface area contributed by atoms with Gasteiger partial charge in [0.15, 0.2) is 0 Å². The van der Waals surface area contributed by atoms with Crippen molar-refractivity contribution in [2.24, 2.45) is 5.73 Å². The maximum atomic E-state index is 6.20. The van der Waals surface area contributed by atoms with Gasteiger partial charge in [0, 0.05) is 11.6 Å². The Bertz CT molecular complexity index is 473. The van der Waals surface area contributed by atoms with Crippen LogP contribution in [0.5, 0.6) is 0 Å². The number of benzene rings is 1. The first-order valence-electron chi connectivity index (χ1n) is 6.03. The molecular weight excluding hydrogens is 210 g/mol. The number of hydrogen-bond donors (Lipinski definition) is 1. The Kier molecular flexibility index (Phi) is 3.64. The molecule has 0 amide bonds. The lowest BCUT2D eigenvalue weighted by Crippen LogP contribution is -2.11. The fraction of sp³-hybridized carbons (Fsp3) is 0.333. The fourth-order valence-electron chi connectivity index (χ4n) is 2.14. The Labute approximate surface area is 102 Å². The number of nitrogens with two attached hydrogens (primary N) is 1. The summed E-state index contributed by atoms with van der Waals surface area (Å²) in [6.07, 6.45) is 1.95. The van der Waals surface area contributed by atoms with Crippen molar-refractivity contribution in [2.45, 2.75) is 32.7 Å². The van der Waals surface area contributed by atoms with E-state index in [0.29, 0.717) is 0 Å². The monoisotopic (exact) mass is 229 g/mol. The van der Waals surface area contributed by atoms with E-state index in [9.17, 15) is 0 Å². The van der Waals surface area contributed by atoms with E-state index in [0.717, 1.165) is 29.9 Å². The van der Waals surface area contributed by atoms with Gasteiger partial charge < -0.3 is 10.2 Å². The largest absolute Gasteiger partial charge is 0.466 e. The van der Waals surface area contributed by atoms with E-state index < -0.39 is 0 Å². The van der Waals surface area contributed by atoms with E-state index in [1.165, 1.54) is 5.56 Å². The third-order valence-corrected chi connectivity index (χ3v) is 3.07. The van der Waals surface area contributed by atoms with Crippen LogP contribution in [0.15, 0.2) is 40.8 Å². The smallest absolute Gasteiger partial charge is 0.105 e. The first-order valence-corrected chi connectivity index (χ1v) is 6.03. The molecule has 0 bridgehead atoms. The van der Waals surface area contributed by atoms with Crippen molar-refractivity contribution in [1.29, 1.82) is 0 Å². The van der Waals surface area contributed by atoms with Crippen LogP contribution >= 0.6 is 0 Å². The molecule has 1 heterocycles. The number of hydrogen-bond acceptors (Lipinski definition) is 2. The van der Waals surface area contributed by atoms with E-state index in [-0.39, 0.29) is 6.04 Å². The molecule has 2 rings (SSSR count). The second-order valence-electron chi connectivity index (χ2n) is 4.50. The zero-order valence-corrected chi connectivity index (χ0v) is 10.4. The van der Waals surface area contributed by atoms with Gasteiger partial charge in [-0.15, -0.1) is 0 Å². The predicted molar refractivity (Wildman–Crippen MR) is 69.9 cm³/mol. The van der Waals surface area contributed by atoms with Gasteiger partial charge in [-0.2, -0.15) is 0 Å². The molecule has 1 aromatic carbocycles. The molecular formula is C15H19NO. The van der Waals surface area contributed by atoms with Crippen molar-refractivity contribution >= 4 is 0 Å². The van der Waals surface area contributed by atoms with Gasteiger partial charge in [0.05, 0.1) is 0 Å². The lowest BCUT2D eigenvalue weighted by atomic mass is 10.00. The second kappa shape index (κ2) is 5.19. The summed E-state index contributed by atoms with van der Waals surface area (Å²) in [5.41, 5.74) is 8.67. The van der Waals surface area contributed by atoms with E-state index in [1.54, 1.807) is 0 Å². The molecule has 1 unspecified atom stereocenters. The van der Waals surface area contributed by atoms with Crippen molar-refractivity contribution in [2.75, 3.05) is 0 Å². The number of furan rings is 1. The summed E-state index contributed by atoms with van der Waals surface area (Å²) in [6, 6.07) is 12.5. The molecule has 0 fully saturated rings. The van der Waals surface area contributed by atoms with Crippen molar-refractivity contribution in [3.05, 3.63) is 59.0 Å². The van der Waals surface area contributed by atoms with E-state index in [2.05, 4.69) is 24.3 Å². The molecule has 0 saturated heterocycles. The molecule has 2 aromatic rings. The number of aryl methyl sites for hydroxylation is 3. The molecule has 1 aromatic heterocycles. The van der Waals surface area contributed by atoms with Crippen LogP contribution in [-0.2, 0) is 6.42 Å². The minimum atomic E-state index is 0.0626. The molecule has 90 valence electrons. The van der Waals surface area contributed by atoms with Crippen LogP contribution in [0.25, 0.3) is 0 Å². The van der Waals surface area contributed by atoms with E-state index in [4.69, 9.17) is 10.2 Å². The van der Waals surface area contributed by atoms with E-state index >= 15 is 0 Å². The quantitative estimate of drug-likeness (QED) is 0.871. The summed E-state index contributed by atoms with van der Waals surface area (Å²) in [7, 11) is 0. The fourth-order valence-corrected chi connectivity index (χ4v) is 2.14. The minimum Gasteiger partial charge on any atom is -0.466 e. The molecule has 0 spiro atoms. The molecule has 0 aliphatic carbocycles. The second-order valence-corrected chi connectivity index (χ2v) is 4.50. The van der Waals surface area contributed by atoms with Gasteiger partial charge in [-0.05, 0) is 38.3 Å². The van der Waals surface area contributed by atoms with Crippen LogP contribution in [0, 0.1) is 13.8 Å². The van der Waals surface area contributed by atoms with E-state index in [1.807, 2.05) is 26.0 Å². The molecule has 2 nitrogen and oxygen atoms in total. The van der Waals surface area contributed by atoms with Crippen LogP contribution in [0.4, 0.5) is 0 Å². The molecule has 17 heavy (non-hydrogen) atoms. The highest BCUT2D eigenvalue weighted by atomic mass is 16.3. The summed E-state index contributed by atoms with van der Waals surface area (Å²) < 4.78 is 5.51. The lowest BCUT2D eigenvalue weighted by molar-refractivity contribution is 0.495. The Balaban J connectivity index is 1.98. The molecule has 0 saturated carbocycles. The average molecular weight is 229 g/mol. The first-order chi connectivity index (χ1) is 8.16. The van der Waals surface area contributed by atoms with Gasteiger partial charge in [-0.1, -0.05) is 30.3 Å². The van der Waals surface area contributed by atoms with Crippen LogP contribution in [0.1, 0.15) is 35.1 Å². The lowest BCUT2D eigenvalue weighted by Gasteiger charge is -2.10. The highest BCUT2D eigenvalue weighted by Gasteiger charge is 2.12. The van der Waals surface area contributed by atoms with Crippen molar-refractivity contribution < 1.29 is 4.42 Å². The third kappa shape index (κ3) is 2.98. The molecule has 0 radical (unpaired) electrons. The van der Waals surface area contributed by atoms with Crippen molar-refractivity contribution in [1.82, 2.24) is 0 Å². The van der Waals surface area contributed by atoms with Gasteiger partial charge in [-0.25, -0.2) is 0 Å². The van der Waals surface area contributed by atoms with Gasteiger partial charge in [-0.3, -0.25) is 0 Å². The normalized spacial score (nSPS) is 12.6. The van der Waals surface area contributed by atoms with Gasteiger partial charge in [0.1, 0.15) is 11.5 Å². The SMILES string of the molecule is Cc1cc(C(N)CCc2ccccc2)c(C)o1. The number of rotatable bonds is 4. The summed E-state index contributed by atoms with van der Waals surface area (Å²) >= 11 is 0. The Morgan fingerprint density at radius 3 is 2.47 bits per heavy atom. The topological polar surface area (TPSA) is 39.2 Å². The molecule has 0 aliphatic heterocycles. The third-order valence-electron chi connectivity index (χ3n) is 3.07. The zero-order valence-electron chi connectivity index (χ0n) is 10.4. The van der Waals surface area contributed by atoms with Crippen LogP contribution in [-0.4, -0.2) is 0 Å². The van der Waals surface area contributed by atoms with Gasteiger partial charge in [0.25, 0.3) is 0 Å². The Hall–Kier alpha value is -1.54. The highest BCUT2D eigenvalue weighted by molar-refractivity contribution is 5.24. The Morgan fingerprint density at radius 2 is 1.88 bits per heavy atom. The molecule has 2 N–H and O–H groups in total. The summed E-state index contributed by atoms with van der Waals surface area (Å²) in [5.74, 6) is 1.88. The van der Waals surface area contributed by atoms with Crippen molar-refractivity contribution in [3.63, 3.8) is 0 Å². The standard InChI is InChI=1S/C15H19NO/c1-11-10-14(12(2)17-11)15(16)9-8-13-6-4-3-5-7-13/h3-7,10,15H,8-9,16H2,1-2H3. The van der Waals surface area contributed by atoms with Gasteiger partial charge in [0.2, 0.25) is 0 Å². The molecule has 2 heteroatoms. The summed E-state index contributed by atoms with van der Waals surface area (Å²) in [5, 5.41) is 0. The maximum absolute atomic E-state index is 6.20. The summed E-state index contributed by atoms with van der Waals surface area (Å²) in [4.78, 5) is 0. The molecule has 0 aliphatic rings. The van der Waals surface area contributed by atoms with Crippen LogP contribution in [0.2, 0.25) is 0 Å². The van der Waals surface area contributed by atoms with Crippen LogP contribution < -0.4 is 5.73 Å². The maximum Gasteiger partial charge on any atom is 0.105 e. The minimum absolute atomic E-state index is 0.0626.